The highest BCUT2D eigenvalue weighted by Gasteiger charge is 2.22. The van der Waals surface area contributed by atoms with Crippen LogP contribution in [0.1, 0.15) is 15.9 Å². The number of carbonyl (C=O) groups excluding carboxylic acids is 1. The molecule has 2 aromatic heterocycles. The summed E-state index contributed by atoms with van der Waals surface area (Å²) in [4.78, 5) is 21.0. The van der Waals surface area contributed by atoms with Crippen LogP contribution in [0.2, 0.25) is 5.02 Å². The molecule has 0 unspecified atom stereocenters. The van der Waals surface area contributed by atoms with E-state index in [4.69, 9.17) is 21.3 Å². The third-order valence-corrected chi connectivity index (χ3v) is 5.56. The Morgan fingerprint density at radius 3 is 2.71 bits per heavy atom. The summed E-state index contributed by atoms with van der Waals surface area (Å²) in [6.45, 7) is 0. The number of halogens is 1. The first-order chi connectivity index (χ1) is 14.7. The van der Waals surface area contributed by atoms with E-state index in [0.29, 0.717) is 33.3 Å². The Balaban J connectivity index is 1.68. The number of fused-ring (bicyclic) bond motifs is 1. The van der Waals surface area contributed by atoms with Gasteiger partial charge in [0.05, 0.1) is 11.1 Å². The molecule has 4 aromatic rings. The van der Waals surface area contributed by atoms with Crippen molar-refractivity contribution in [2.24, 2.45) is 0 Å². The molecule has 0 saturated carbocycles. The maximum Gasteiger partial charge on any atom is 0.258 e. The van der Waals surface area contributed by atoms with Gasteiger partial charge in [-0.05, 0) is 42.5 Å². The fraction of sp³-hybridized carbons (Fsp3) is 0.0476. The van der Waals surface area contributed by atoms with E-state index >= 15 is 0 Å². The first kappa shape index (κ1) is 20.5. The van der Waals surface area contributed by atoms with Crippen LogP contribution in [0.25, 0.3) is 22.6 Å². The zero-order valence-corrected chi connectivity index (χ0v) is 17.5. The van der Waals surface area contributed by atoms with Crippen LogP contribution in [0.5, 0.6) is 0 Å². The lowest BCUT2D eigenvalue weighted by Crippen LogP contribution is -2.17. The van der Waals surface area contributed by atoms with Gasteiger partial charge in [-0.1, -0.05) is 17.7 Å². The highest BCUT2D eigenvalue weighted by atomic mass is 35.5. The van der Waals surface area contributed by atoms with Crippen LogP contribution >= 0.6 is 11.6 Å². The summed E-state index contributed by atoms with van der Waals surface area (Å²) in [6, 6.07) is 14.9. The van der Waals surface area contributed by atoms with E-state index in [1.165, 1.54) is 6.07 Å². The minimum absolute atomic E-state index is 0.0654. The van der Waals surface area contributed by atoms with Crippen molar-refractivity contribution in [2.75, 3.05) is 11.6 Å². The molecule has 10 heteroatoms. The van der Waals surface area contributed by atoms with Crippen molar-refractivity contribution in [1.29, 1.82) is 5.26 Å². The van der Waals surface area contributed by atoms with Crippen LogP contribution < -0.4 is 5.32 Å². The number of nitrogens with zero attached hydrogens (tertiary/aromatic N) is 3. The van der Waals surface area contributed by atoms with Gasteiger partial charge >= 0.3 is 0 Å². The number of benzene rings is 2. The molecule has 0 aliphatic carbocycles. The van der Waals surface area contributed by atoms with E-state index in [0.717, 1.165) is 12.5 Å². The van der Waals surface area contributed by atoms with E-state index in [1.807, 2.05) is 6.07 Å². The van der Waals surface area contributed by atoms with Gasteiger partial charge in [0.1, 0.15) is 11.6 Å². The molecule has 154 valence electrons. The first-order valence-electron chi connectivity index (χ1n) is 8.83. The Bertz CT molecular complexity index is 1490. The number of hydrogen-bond donors (Lipinski definition) is 1. The molecule has 4 rings (SSSR count). The van der Waals surface area contributed by atoms with Crippen molar-refractivity contribution < 1.29 is 17.6 Å². The largest absolute Gasteiger partial charge is 0.436 e. The second-order valence-electron chi connectivity index (χ2n) is 6.63. The predicted molar refractivity (Wildman–Crippen MR) is 114 cm³/mol. The molecule has 0 aliphatic rings. The number of nitrogens with one attached hydrogen (secondary N) is 1. The number of pyridine rings is 1. The molecular formula is C21H13ClN4O4S. The number of aromatic nitrogens is 2. The minimum Gasteiger partial charge on any atom is -0.436 e. The topological polar surface area (TPSA) is 126 Å². The fourth-order valence-corrected chi connectivity index (χ4v) is 3.91. The number of sulfone groups is 1. The molecule has 0 fully saturated rings. The van der Waals surface area contributed by atoms with Crippen molar-refractivity contribution in [2.45, 2.75) is 5.03 Å². The minimum atomic E-state index is -3.78. The van der Waals surface area contributed by atoms with Crippen LogP contribution in [-0.2, 0) is 9.84 Å². The number of hydrogen-bond acceptors (Lipinski definition) is 7. The second-order valence-corrected chi connectivity index (χ2v) is 8.99. The van der Waals surface area contributed by atoms with Crippen LogP contribution in [0.15, 0.2) is 64.2 Å². The van der Waals surface area contributed by atoms with Crippen LogP contribution in [0.4, 0.5) is 5.69 Å². The average molecular weight is 453 g/mol. The van der Waals surface area contributed by atoms with E-state index < -0.39 is 20.8 Å². The number of anilines is 1. The Hall–Kier alpha value is -3.74. The number of carbonyl (C=O) groups is 1. The second kappa shape index (κ2) is 7.83. The quantitative estimate of drug-likeness (QED) is 0.494. The fourth-order valence-electron chi connectivity index (χ4n) is 2.92. The number of nitriles is 1. The Labute approximate surface area is 182 Å². The van der Waals surface area contributed by atoms with Gasteiger partial charge in [0.15, 0.2) is 20.4 Å². The maximum atomic E-state index is 12.8. The molecule has 0 saturated heterocycles. The van der Waals surface area contributed by atoms with Gasteiger partial charge in [0, 0.05) is 28.7 Å². The lowest BCUT2D eigenvalue weighted by atomic mass is 10.2. The monoisotopic (exact) mass is 452 g/mol. The summed E-state index contributed by atoms with van der Waals surface area (Å²) in [5.74, 6) is -0.353. The zero-order chi connectivity index (χ0) is 22.2. The molecule has 2 aromatic carbocycles. The molecule has 1 N–H and O–H groups in total. The van der Waals surface area contributed by atoms with Crippen LogP contribution in [0.3, 0.4) is 0 Å². The zero-order valence-electron chi connectivity index (χ0n) is 16.0. The lowest BCUT2D eigenvalue weighted by Gasteiger charge is -2.08. The van der Waals surface area contributed by atoms with Gasteiger partial charge in [0.2, 0.25) is 5.89 Å². The molecule has 0 radical (unpaired) electrons. The number of rotatable bonds is 4. The van der Waals surface area contributed by atoms with Gasteiger partial charge in [-0.15, -0.1) is 0 Å². The van der Waals surface area contributed by atoms with E-state index in [1.54, 1.807) is 42.5 Å². The van der Waals surface area contributed by atoms with Gasteiger partial charge in [-0.3, -0.25) is 4.79 Å². The number of oxazole rings is 1. The Morgan fingerprint density at radius 2 is 2.00 bits per heavy atom. The smallest absolute Gasteiger partial charge is 0.258 e. The number of amides is 1. The van der Waals surface area contributed by atoms with Gasteiger partial charge in [-0.25, -0.2) is 18.4 Å². The van der Waals surface area contributed by atoms with Crippen molar-refractivity contribution in [3.05, 3.63) is 70.9 Å². The Kier molecular flexibility index (Phi) is 5.19. The van der Waals surface area contributed by atoms with Crippen molar-refractivity contribution >= 4 is 44.1 Å². The van der Waals surface area contributed by atoms with Crippen LogP contribution in [-0.4, -0.2) is 30.5 Å². The third kappa shape index (κ3) is 4.26. The van der Waals surface area contributed by atoms with Crippen molar-refractivity contribution in [1.82, 2.24) is 9.97 Å². The summed E-state index contributed by atoms with van der Waals surface area (Å²) in [6.07, 6.45) is 2.04. The summed E-state index contributed by atoms with van der Waals surface area (Å²) in [7, 11) is -3.78. The first-order valence-corrected chi connectivity index (χ1v) is 11.1. The van der Waals surface area contributed by atoms with Gasteiger partial charge in [0.25, 0.3) is 5.91 Å². The van der Waals surface area contributed by atoms with E-state index in [-0.39, 0.29) is 11.1 Å². The van der Waals surface area contributed by atoms with Crippen molar-refractivity contribution in [3.63, 3.8) is 0 Å². The van der Waals surface area contributed by atoms with Crippen LogP contribution in [0, 0.1) is 11.3 Å². The van der Waals surface area contributed by atoms with Gasteiger partial charge < -0.3 is 9.73 Å². The summed E-state index contributed by atoms with van der Waals surface area (Å²) in [5, 5.41) is 11.8. The highest BCUT2D eigenvalue weighted by molar-refractivity contribution is 7.90. The van der Waals surface area contributed by atoms with E-state index in [2.05, 4.69) is 15.3 Å². The molecular weight excluding hydrogens is 440 g/mol. The Morgan fingerprint density at radius 1 is 1.19 bits per heavy atom. The molecule has 1 amide bonds. The van der Waals surface area contributed by atoms with Crippen molar-refractivity contribution in [3.8, 4) is 17.5 Å². The normalized spacial score (nSPS) is 11.3. The molecule has 0 aliphatic heterocycles. The third-order valence-electron chi connectivity index (χ3n) is 4.29. The summed E-state index contributed by atoms with van der Waals surface area (Å²) < 4.78 is 29.7. The standard InChI is InChI=1S/C21H13ClN4O4S/c1-31(28,29)21-16(7-12(10-23)11-24-21)19(27)25-15-5-6-18-17(9-15)26-20(30-18)13-3-2-4-14(22)8-13/h2-9,11H,1H3,(H,25,27). The molecule has 2 heterocycles. The van der Waals surface area contributed by atoms with E-state index in [9.17, 15) is 13.2 Å². The predicted octanol–water partition coefficient (Wildman–Crippen LogP) is 4.07. The average Bonchev–Trinajstić information content (AvgIpc) is 3.16. The lowest BCUT2D eigenvalue weighted by molar-refractivity contribution is 0.102. The molecule has 8 nitrogen and oxygen atoms in total. The molecule has 0 spiro atoms. The molecule has 0 bridgehead atoms. The SMILES string of the molecule is CS(=O)(=O)c1ncc(C#N)cc1C(=O)Nc1ccc2oc(-c3cccc(Cl)c3)nc2c1. The molecule has 31 heavy (non-hydrogen) atoms. The summed E-state index contributed by atoms with van der Waals surface area (Å²) >= 11 is 6.02. The summed E-state index contributed by atoms with van der Waals surface area (Å²) in [5.41, 5.74) is 1.90. The van der Waals surface area contributed by atoms with Gasteiger partial charge in [-0.2, -0.15) is 5.26 Å². The highest BCUT2D eigenvalue weighted by Crippen LogP contribution is 2.28. The molecule has 0 atom stereocenters. The maximum absolute atomic E-state index is 12.8.